The summed E-state index contributed by atoms with van der Waals surface area (Å²) < 4.78 is 0. The van der Waals surface area contributed by atoms with Gasteiger partial charge in [0.15, 0.2) is 0 Å². The molecule has 0 atom stereocenters. The van der Waals surface area contributed by atoms with Crippen LogP contribution in [0, 0.1) is 0 Å². The van der Waals surface area contributed by atoms with Gasteiger partial charge in [-0.3, -0.25) is 0 Å². The average molecular weight is 265 g/mol. The van der Waals surface area contributed by atoms with Gasteiger partial charge in [0.05, 0.1) is 0 Å². The molecule has 2 rings (SSSR count). The Morgan fingerprint density at radius 2 is 1.80 bits per heavy atom. The maximum atomic E-state index is 6.06. The van der Waals surface area contributed by atoms with Crippen molar-refractivity contribution in [3.8, 4) is 0 Å². The van der Waals surface area contributed by atoms with E-state index in [1.807, 2.05) is 18.2 Å². The Bertz CT molecular complexity index is 341. The summed E-state index contributed by atoms with van der Waals surface area (Å²) in [6, 6.07) is 5.55. The standard InChI is InChI=1S/C11H12Cl3N/c12-7-11(4-5-11)15-6-8-9(13)2-1-3-10(8)14/h1-3,15H,4-7H2. The second-order valence-corrected chi connectivity index (χ2v) is 5.05. The summed E-state index contributed by atoms with van der Waals surface area (Å²) >= 11 is 18.0. The number of rotatable bonds is 4. The molecule has 0 heterocycles. The van der Waals surface area contributed by atoms with E-state index in [1.54, 1.807) is 0 Å². The van der Waals surface area contributed by atoms with Crippen molar-refractivity contribution < 1.29 is 0 Å². The topological polar surface area (TPSA) is 12.0 Å². The average Bonchev–Trinajstić information content (AvgIpc) is 2.98. The smallest absolute Gasteiger partial charge is 0.0465 e. The molecule has 1 aromatic rings. The fourth-order valence-corrected chi connectivity index (χ4v) is 2.38. The first kappa shape index (κ1) is 11.5. The molecule has 1 aromatic carbocycles. The first-order valence-corrected chi connectivity index (χ1v) is 6.20. The minimum Gasteiger partial charge on any atom is -0.306 e. The predicted molar refractivity (Wildman–Crippen MR) is 66.0 cm³/mol. The number of hydrogen-bond acceptors (Lipinski definition) is 1. The predicted octanol–water partition coefficient (Wildman–Crippen LogP) is 3.85. The van der Waals surface area contributed by atoms with Crippen LogP contribution in [0.15, 0.2) is 18.2 Å². The van der Waals surface area contributed by atoms with E-state index in [0.29, 0.717) is 22.5 Å². The number of alkyl halides is 1. The Hall–Kier alpha value is 0.0500. The van der Waals surface area contributed by atoms with E-state index < -0.39 is 0 Å². The van der Waals surface area contributed by atoms with Gasteiger partial charge in [0.1, 0.15) is 0 Å². The number of benzene rings is 1. The Labute approximate surface area is 105 Å². The lowest BCUT2D eigenvalue weighted by Gasteiger charge is -2.15. The molecule has 0 aliphatic heterocycles. The van der Waals surface area contributed by atoms with Gasteiger partial charge < -0.3 is 5.32 Å². The van der Waals surface area contributed by atoms with Crippen molar-refractivity contribution in [1.29, 1.82) is 0 Å². The van der Waals surface area contributed by atoms with Crippen molar-refractivity contribution in [3.63, 3.8) is 0 Å². The van der Waals surface area contributed by atoms with Crippen molar-refractivity contribution >= 4 is 34.8 Å². The van der Waals surface area contributed by atoms with Crippen molar-refractivity contribution in [2.45, 2.75) is 24.9 Å². The van der Waals surface area contributed by atoms with Crippen molar-refractivity contribution in [1.82, 2.24) is 5.32 Å². The first-order valence-electron chi connectivity index (χ1n) is 4.91. The Morgan fingerprint density at radius 1 is 1.20 bits per heavy atom. The quantitative estimate of drug-likeness (QED) is 0.815. The molecular formula is C11H12Cl3N. The third-order valence-corrected chi connectivity index (χ3v) is 4.03. The highest BCUT2D eigenvalue weighted by molar-refractivity contribution is 6.35. The van der Waals surface area contributed by atoms with Crippen molar-refractivity contribution in [3.05, 3.63) is 33.8 Å². The van der Waals surface area contributed by atoms with Crippen LogP contribution >= 0.6 is 34.8 Å². The monoisotopic (exact) mass is 263 g/mol. The van der Waals surface area contributed by atoms with Gasteiger partial charge in [-0.05, 0) is 25.0 Å². The summed E-state index contributed by atoms with van der Waals surface area (Å²) in [5, 5.41) is 4.83. The largest absolute Gasteiger partial charge is 0.306 e. The van der Waals surface area contributed by atoms with E-state index in [0.717, 1.165) is 18.4 Å². The van der Waals surface area contributed by atoms with Gasteiger partial charge >= 0.3 is 0 Å². The van der Waals surface area contributed by atoms with Crippen LogP contribution in [-0.2, 0) is 6.54 Å². The fourth-order valence-electron chi connectivity index (χ4n) is 1.49. The summed E-state index contributed by atoms with van der Waals surface area (Å²) in [5.41, 5.74) is 1.08. The number of halogens is 3. The molecule has 82 valence electrons. The minimum atomic E-state index is 0.129. The Kier molecular flexibility index (Phi) is 3.46. The van der Waals surface area contributed by atoms with E-state index in [2.05, 4.69) is 5.32 Å². The van der Waals surface area contributed by atoms with Crippen LogP contribution in [0.4, 0.5) is 0 Å². The van der Waals surface area contributed by atoms with E-state index in [-0.39, 0.29) is 5.54 Å². The summed E-state index contributed by atoms with van der Waals surface area (Å²) in [7, 11) is 0. The van der Waals surface area contributed by atoms with Crippen molar-refractivity contribution in [2.24, 2.45) is 0 Å². The molecule has 1 nitrogen and oxygen atoms in total. The lowest BCUT2D eigenvalue weighted by Crippen LogP contribution is -2.32. The SMILES string of the molecule is ClCC1(NCc2c(Cl)cccc2Cl)CC1. The maximum Gasteiger partial charge on any atom is 0.0465 e. The molecule has 0 spiro atoms. The molecular weight excluding hydrogens is 252 g/mol. The third-order valence-electron chi connectivity index (χ3n) is 2.81. The minimum absolute atomic E-state index is 0.129. The molecule has 1 saturated carbocycles. The second kappa shape index (κ2) is 4.50. The van der Waals surface area contributed by atoms with Gasteiger partial charge in [-0.2, -0.15) is 0 Å². The van der Waals surface area contributed by atoms with E-state index in [9.17, 15) is 0 Å². The summed E-state index contributed by atoms with van der Waals surface area (Å²) in [5.74, 6) is 0.648. The number of hydrogen-bond donors (Lipinski definition) is 1. The van der Waals surface area contributed by atoms with Gasteiger partial charge in [-0.15, -0.1) is 11.6 Å². The summed E-state index contributed by atoms with van der Waals surface area (Å²) in [6.07, 6.45) is 2.27. The van der Waals surface area contributed by atoms with Crippen LogP contribution in [0.1, 0.15) is 18.4 Å². The summed E-state index contributed by atoms with van der Waals surface area (Å²) in [6.45, 7) is 0.686. The van der Waals surface area contributed by atoms with Gasteiger partial charge in [0.25, 0.3) is 0 Å². The zero-order chi connectivity index (χ0) is 10.9. The zero-order valence-electron chi connectivity index (χ0n) is 8.19. The highest BCUT2D eigenvalue weighted by Crippen LogP contribution is 2.37. The molecule has 15 heavy (non-hydrogen) atoms. The van der Waals surface area contributed by atoms with Crippen LogP contribution < -0.4 is 5.32 Å². The maximum absolute atomic E-state index is 6.06. The lowest BCUT2D eigenvalue weighted by atomic mass is 10.2. The fraction of sp³-hybridized carbons (Fsp3) is 0.455. The van der Waals surface area contributed by atoms with Gasteiger partial charge in [0, 0.05) is 33.6 Å². The highest BCUT2D eigenvalue weighted by atomic mass is 35.5. The molecule has 0 amide bonds. The molecule has 4 heteroatoms. The zero-order valence-corrected chi connectivity index (χ0v) is 10.5. The van der Waals surface area contributed by atoms with Crippen LogP contribution in [0.2, 0.25) is 10.0 Å². The molecule has 1 aliphatic rings. The van der Waals surface area contributed by atoms with Gasteiger partial charge in [-0.1, -0.05) is 29.3 Å². The van der Waals surface area contributed by atoms with Crippen LogP contribution in [0.25, 0.3) is 0 Å². The van der Waals surface area contributed by atoms with E-state index >= 15 is 0 Å². The van der Waals surface area contributed by atoms with E-state index in [4.69, 9.17) is 34.8 Å². The molecule has 0 aromatic heterocycles. The third kappa shape index (κ3) is 2.59. The number of nitrogens with one attached hydrogen (secondary N) is 1. The normalized spacial score (nSPS) is 17.8. The van der Waals surface area contributed by atoms with Gasteiger partial charge in [-0.25, -0.2) is 0 Å². The molecule has 0 radical (unpaired) electrons. The molecule has 0 saturated heterocycles. The second-order valence-electron chi connectivity index (χ2n) is 3.97. The van der Waals surface area contributed by atoms with Crippen LogP contribution in [-0.4, -0.2) is 11.4 Å². The van der Waals surface area contributed by atoms with Crippen molar-refractivity contribution in [2.75, 3.05) is 5.88 Å². The highest BCUT2D eigenvalue weighted by Gasteiger charge is 2.41. The summed E-state index contributed by atoms with van der Waals surface area (Å²) in [4.78, 5) is 0. The Balaban J connectivity index is 2.05. The Morgan fingerprint density at radius 3 is 2.27 bits per heavy atom. The molecule has 1 fully saturated rings. The molecule has 1 aliphatic carbocycles. The molecule has 0 bridgehead atoms. The first-order chi connectivity index (χ1) is 7.17. The molecule has 1 N–H and O–H groups in total. The van der Waals surface area contributed by atoms with Crippen LogP contribution in [0.3, 0.4) is 0 Å². The lowest BCUT2D eigenvalue weighted by molar-refractivity contribution is 0.543. The molecule has 0 unspecified atom stereocenters. The van der Waals surface area contributed by atoms with Gasteiger partial charge in [0.2, 0.25) is 0 Å². The van der Waals surface area contributed by atoms with Crippen LogP contribution in [0.5, 0.6) is 0 Å². The van der Waals surface area contributed by atoms with E-state index in [1.165, 1.54) is 0 Å².